The Hall–Kier alpha value is -3.96. The summed E-state index contributed by atoms with van der Waals surface area (Å²) in [6.07, 6.45) is 11.0. The van der Waals surface area contributed by atoms with E-state index in [0.29, 0.717) is 6.42 Å². The van der Waals surface area contributed by atoms with Crippen LogP contribution >= 0.6 is 0 Å². The zero-order valence-corrected chi connectivity index (χ0v) is 21.6. The molecule has 2 aromatic carbocycles. The third-order valence-corrected chi connectivity index (χ3v) is 6.84. The molecule has 2 aromatic rings. The Balaban J connectivity index is 2.23. The molecule has 2 atom stereocenters. The lowest BCUT2D eigenvalue weighted by molar-refractivity contribution is 0.381. The van der Waals surface area contributed by atoms with Crippen LogP contribution in [0.3, 0.4) is 0 Å². The molecular formula is C31H34N2O3. The van der Waals surface area contributed by atoms with Crippen LogP contribution in [0.2, 0.25) is 0 Å². The highest BCUT2D eigenvalue weighted by atomic mass is 16.5. The van der Waals surface area contributed by atoms with Gasteiger partial charge in [-0.2, -0.15) is 0 Å². The van der Waals surface area contributed by atoms with Gasteiger partial charge in [-0.05, 0) is 56.5 Å². The topological polar surface area (TPSA) is 36.4 Å². The molecule has 3 rings (SSSR count). The van der Waals surface area contributed by atoms with E-state index in [4.69, 9.17) is 27.4 Å². The first-order valence-electron chi connectivity index (χ1n) is 12.1. The Morgan fingerprint density at radius 2 is 1.78 bits per heavy atom. The summed E-state index contributed by atoms with van der Waals surface area (Å²) in [6, 6.07) is 11.9. The van der Waals surface area contributed by atoms with Crippen molar-refractivity contribution < 1.29 is 14.2 Å². The van der Waals surface area contributed by atoms with E-state index >= 15 is 0 Å². The molecular weight excluding hydrogens is 448 g/mol. The second-order valence-electron chi connectivity index (χ2n) is 8.97. The number of nitrogens with zero attached hydrogens (tertiary/aromatic N) is 2. The van der Waals surface area contributed by atoms with Crippen LogP contribution in [0.15, 0.2) is 66.8 Å². The Morgan fingerprint density at radius 1 is 1.06 bits per heavy atom. The maximum absolute atomic E-state index is 7.98. The van der Waals surface area contributed by atoms with Gasteiger partial charge in [-0.3, -0.25) is 0 Å². The quantitative estimate of drug-likeness (QED) is 0.258. The molecule has 0 amide bonds. The minimum absolute atomic E-state index is 0.0602. The summed E-state index contributed by atoms with van der Waals surface area (Å²) in [5.41, 5.74) is 2.65. The van der Waals surface area contributed by atoms with Gasteiger partial charge in [0.05, 0.1) is 21.3 Å². The Morgan fingerprint density at radius 3 is 2.42 bits per heavy atom. The normalized spacial score (nSPS) is 16.4. The van der Waals surface area contributed by atoms with Gasteiger partial charge in [-0.1, -0.05) is 35.9 Å². The number of methoxy groups -OCH3 is 3. The molecule has 0 spiro atoms. The summed E-state index contributed by atoms with van der Waals surface area (Å²) in [5.74, 6) is 2.04. The van der Waals surface area contributed by atoms with Crippen molar-refractivity contribution in [3.63, 3.8) is 0 Å². The van der Waals surface area contributed by atoms with E-state index in [-0.39, 0.29) is 11.8 Å². The van der Waals surface area contributed by atoms with E-state index < -0.39 is 5.66 Å². The van der Waals surface area contributed by atoms with Crippen LogP contribution in [-0.2, 0) is 0 Å². The lowest BCUT2D eigenvalue weighted by Crippen LogP contribution is -2.32. The molecule has 0 fully saturated rings. The van der Waals surface area contributed by atoms with Gasteiger partial charge in [0.25, 0.3) is 0 Å². The molecule has 1 aliphatic rings. The van der Waals surface area contributed by atoms with Gasteiger partial charge in [0.2, 0.25) is 0 Å². The Labute approximate surface area is 215 Å². The van der Waals surface area contributed by atoms with Crippen molar-refractivity contribution in [2.24, 2.45) is 5.92 Å². The van der Waals surface area contributed by atoms with Crippen LogP contribution in [0.4, 0.5) is 0 Å². The molecule has 0 N–H and O–H groups in total. The predicted octanol–water partition coefficient (Wildman–Crippen LogP) is 7.66. The number of rotatable bonds is 10. The van der Waals surface area contributed by atoms with Crippen molar-refractivity contribution in [3.8, 4) is 17.2 Å². The lowest BCUT2D eigenvalue weighted by Gasteiger charge is -2.32. The number of hydrogen-bond donors (Lipinski definition) is 0. The highest BCUT2D eigenvalue weighted by Gasteiger charge is 2.52. The van der Waals surface area contributed by atoms with Gasteiger partial charge in [0.1, 0.15) is 29.2 Å². The minimum Gasteiger partial charge on any atom is -0.497 e. The maximum atomic E-state index is 7.98. The highest BCUT2D eigenvalue weighted by Crippen LogP contribution is 2.48. The average Bonchev–Trinajstić information content (AvgIpc) is 2.92. The fourth-order valence-corrected chi connectivity index (χ4v) is 5.05. The molecule has 5 heteroatoms. The first-order chi connectivity index (χ1) is 17.5. The molecule has 0 unspecified atom stereocenters. The smallest absolute Gasteiger partial charge is 0.497 e. The number of aryl methyl sites for hydroxylation is 1. The van der Waals surface area contributed by atoms with E-state index in [1.807, 2.05) is 30.3 Å². The summed E-state index contributed by atoms with van der Waals surface area (Å²) < 4.78 is 16.9. The molecule has 0 radical (unpaired) electrons. The Kier molecular flexibility index (Phi) is 8.98. The van der Waals surface area contributed by atoms with Crippen molar-refractivity contribution in [2.45, 2.75) is 44.2 Å². The number of benzene rings is 2. The average molecular weight is 483 g/mol. The first-order valence-corrected chi connectivity index (χ1v) is 12.1. The second-order valence-corrected chi connectivity index (χ2v) is 8.97. The molecule has 0 heterocycles. The molecule has 186 valence electrons. The van der Waals surface area contributed by atoms with E-state index in [9.17, 15) is 0 Å². The van der Waals surface area contributed by atoms with E-state index in [2.05, 4.69) is 47.5 Å². The molecule has 0 aromatic heterocycles. The van der Waals surface area contributed by atoms with Crippen molar-refractivity contribution in [2.75, 3.05) is 21.3 Å². The lowest BCUT2D eigenvalue weighted by atomic mass is 9.70. The van der Waals surface area contributed by atoms with Crippen molar-refractivity contribution in [1.29, 1.82) is 0 Å². The largest absolute Gasteiger partial charge is 0.509 e. The van der Waals surface area contributed by atoms with E-state index in [0.717, 1.165) is 58.8 Å². The minimum atomic E-state index is -1.29. The number of ether oxygens (including phenoxy) is 3. The van der Waals surface area contributed by atoms with Crippen LogP contribution in [-0.4, -0.2) is 27.0 Å². The van der Waals surface area contributed by atoms with Gasteiger partial charge in [-0.25, -0.2) is 22.8 Å². The molecule has 5 nitrogen and oxygen atoms in total. The van der Waals surface area contributed by atoms with Crippen LogP contribution < -0.4 is 14.2 Å². The monoisotopic (exact) mass is 482 g/mol. The summed E-state index contributed by atoms with van der Waals surface area (Å²) in [5, 5.41) is 0. The summed E-state index contributed by atoms with van der Waals surface area (Å²) >= 11 is 0. The molecule has 0 saturated heterocycles. The van der Waals surface area contributed by atoms with Gasteiger partial charge in [0.15, 0.2) is 0 Å². The van der Waals surface area contributed by atoms with Gasteiger partial charge >= 0.3 is 5.66 Å². The van der Waals surface area contributed by atoms with Crippen molar-refractivity contribution in [1.82, 2.24) is 0 Å². The second kappa shape index (κ2) is 12.1. The highest BCUT2D eigenvalue weighted by molar-refractivity contribution is 5.60. The third-order valence-electron chi connectivity index (χ3n) is 6.84. The van der Waals surface area contributed by atoms with E-state index in [1.54, 1.807) is 27.4 Å². The fourth-order valence-electron chi connectivity index (χ4n) is 5.05. The van der Waals surface area contributed by atoms with Crippen molar-refractivity contribution >= 4 is 6.08 Å². The summed E-state index contributed by atoms with van der Waals surface area (Å²) in [6.45, 7) is 21.9. The van der Waals surface area contributed by atoms with Crippen LogP contribution in [0.1, 0.15) is 48.3 Å². The first kappa shape index (κ1) is 26.6. The van der Waals surface area contributed by atoms with Gasteiger partial charge in [-0.15, -0.1) is 6.58 Å². The maximum Gasteiger partial charge on any atom is 0.509 e. The molecule has 1 aliphatic carbocycles. The molecule has 36 heavy (non-hydrogen) atoms. The van der Waals surface area contributed by atoms with Crippen LogP contribution in [0.5, 0.6) is 17.2 Å². The zero-order chi connectivity index (χ0) is 26.1. The zero-order valence-electron chi connectivity index (χ0n) is 21.6. The number of allylic oxidation sites excluding steroid dienone is 2. The Bertz CT molecular complexity index is 1220. The standard InChI is InChI=1S/C31H34N2O3/c1-8-19-31(32-3,33-4)28-12-10-9-11-26(28)25(27-21-24(34-5)15-18-30(27)36-7)16-14-23-20-22(2)13-17-29(23)35-6/h8,12-18,20-21,25-26H,1,9-11,19H2,2,5-7H3/b16-14+/t25-,26+/m1/s1. The van der Waals surface area contributed by atoms with Gasteiger partial charge in [0, 0.05) is 23.0 Å². The fraction of sp³-hybridized carbons (Fsp3) is 0.355. The third kappa shape index (κ3) is 5.47. The number of hydrogen-bond acceptors (Lipinski definition) is 3. The molecule has 0 bridgehead atoms. The van der Waals surface area contributed by atoms with Gasteiger partial charge < -0.3 is 14.2 Å². The van der Waals surface area contributed by atoms with Crippen molar-refractivity contribution in [3.05, 3.63) is 106 Å². The molecule has 0 aliphatic heterocycles. The summed E-state index contributed by atoms with van der Waals surface area (Å²) in [4.78, 5) is 7.74. The summed E-state index contributed by atoms with van der Waals surface area (Å²) in [7, 11) is 4.97. The van der Waals surface area contributed by atoms with Crippen LogP contribution in [0.25, 0.3) is 15.8 Å². The predicted molar refractivity (Wildman–Crippen MR) is 145 cm³/mol. The van der Waals surface area contributed by atoms with Crippen LogP contribution in [0, 0.1) is 26.0 Å². The SMILES string of the molecule is [C-]#[N+]C(CC=C)([N+]#[C-])C1=CCCC[C@H]1[C@@H](/C=C/c1cc(C)ccc1OC)c1cc(OC)ccc1OC. The molecule has 0 saturated carbocycles. The van der Waals surface area contributed by atoms with E-state index in [1.165, 1.54) is 0 Å².